The number of hydrogen-bond donors (Lipinski definition) is 1. The van der Waals surface area contributed by atoms with Crippen molar-refractivity contribution in [1.29, 1.82) is 0 Å². The molecule has 118 valence electrons. The fraction of sp³-hybridized carbons (Fsp3) is 0.643. The van der Waals surface area contributed by atoms with E-state index in [4.69, 9.17) is 9.84 Å². The minimum absolute atomic E-state index is 0.0726. The number of aryl methyl sites for hydroxylation is 2. The second-order valence-electron chi connectivity index (χ2n) is 5.24. The highest BCUT2D eigenvalue weighted by Crippen LogP contribution is 2.21. The van der Waals surface area contributed by atoms with Gasteiger partial charge in [0.15, 0.2) is 12.4 Å². The number of aromatic nitrogens is 2. The lowest BCUT2D eigenvalue weighted by atomic mass is 10.2. The van der Waals surface area contributed by atoms with Crippen molar-refractivity contribution in [1.82, 2.24) is 14.7 Å². The van der Waals surface area contributed by atoms with Crippen LogP contribution >= 0.6 is 0 Å². The predicted octanol–water partition coefficient (Wildman–Crippen LogP) is 1.13. The maximum atomic E-state index is 12.2. The van der Waals surface area contributed by atoms with E-state index >= 15 is 0 Å². The molecule has 0 aromatic carbocycles. The minimum atomic E-state index is -0.923. The third-order valence-corrected chi connectivity index (χ3v) is 3.29. The summed E-state index contributed by atoms with van der Waals surface area (Å²) in [5.74, 6) is -0.546. The number of carboxylic acid groups (broad SMARTS) is 1. The Morgan fingerprint density at radius 1 is 1.38 bits per heavy atom. The number of carbonyl (C=O) groups excluding carboxylic acids is 1. The maximum Gasteiger partial charge on any atom is 0.305 e. The van der Waals surface area contributed by atoms with Gasteiger partial charge in [0.2, 0.25) is 0 Å². The van der Waals surface area contributed by atoms with Crippen LogP contribution in [0.4, 0.5) is 0 Å². The summed E-state index contributed by atoms with van der Waals surface area (Å²) in [7, 11) is 1.81. The average molecular weight is 297 g/mol. The number of carbonyl (C=O) groups is 2. The van der Waals surface area contributed by atoms with Gasteiger partial charge in [-0.05, 0) is 27.7 Å². The normalized spacial score (nSPS) is 10.8. The smallest absolute Gasteiger partial charge is 0.305 e. The average Bonchev–Trinajstić information content (AvgIpc) is 2.60. The number of aliphatic carboxylic acids is 1. The van der Waals surface area contributed by atoms with E-state index in [-0.39, 0.29) is 31.5 Å². The van der Waals surface area contributed by atoms with Crippen LogP contribution in [0.25, 0.3) is 0 Å². The molecule has 21 heavy (non-hydrogen) atoms. The highest BCUT2D eigenvalue weighted by Gasteiger charge is 2.20. The maximum absolute atomic E-state index is 12.2. The Bertz CT molecular complexity index is 523. The molecule has 7 heteroatoms. The highest BCUT2D eigenvalue weighted by molar-refractivity contribution is 5.78. The predicted molar refractivity (Wildman–Crippen MR) is 77.3 cm³/mol. The van der Waals surface area contributed by atoms with Crippen LogP contribution in [0.3, 0.4) is 0 Å². The summed E-state index contributed by atoms with van der Waals surface area (Å²) in [5.41, 5.74) is 1.58. The molecular weight excluding hydrogens is 274 g/mol. The molecule has 1 N–H and O–H groups in total. The molecule has 0 fully saturated rings. The van der Waals surface area contributed by atoms with Crippen LogP contribution in [0.15, 0.2) is 0 Å². The van der Waals surface area contributed by atoms with Gasteiger partial charge in [-0.1, -0.05) is 0 Å². The molecule has 7 nitrogen and oxygen atoms in total. The minimum Gasteiger partial charge on any atom is -0.481 e. The number of ether oxygens (including phenoxy) is 1. The van der Waals surface area contributed by atoms with Gasteiger partial charge in [0, 0.05) is 19.6 Å². The number of hydrogen-bond acceptors (Lipinski definition) is 4. The second-order valence-corrected chi connectivity index (χ2v) is 5.24. The zero-order chi connectivity index (χ0) is 16.2. The van der Waals surface area contributed by atoms with Crippen molar-refractivity contribution in [3.8, 4) is 5.75 Å². The summed E-state index contributed by atoms with van der Waals surface area (Å²) in [6.45, 7) is 7.44. The number of rotatable bonds is 7. The van der Waals surface area contributed by atoms with E-state index < -0.39 is 5.97 Å². The zero-order valence-corrected chi connectivity index (χ0v) is 13.2. The summed E-state index contributed by atoms with van der Waals surface area (Å²) in [6.07, 6.45) is -0.0745. The lowest BCUT2D eigenvalue weighted by molar-refractivity contribution is -0.139. The van der Waals surface area contributed by atoms with Crippen molar-refractivity contribution in [3.63, 3.8) is 0 Å². The van der Waals surface area contributed by atoms with Crippen molar-refractivity contribution < 1.29 is 19.4 Å². The van der Waals surface area contributed by atoms with Gasteiger partial charge in [-0.25, -0.2) is 0 Å². The lowest BCUT2D eigenvalue weighted by Crippen LogP contribution is -2.41. The van der Waals surface area contributed by atoms with E-state index in [2.05, 4.69) is 5.10 Å². The first-order chi connectivity index (χ1) is 9.73. The van der Waals surface area contributed by atoms with E-state index in [1.807, 2.05) is 34.7 Å². The summed E-state index contributed by atoms with van der Waals surface area (Å²) in [4.78, 5) is 24.3. The molecule has 0 atom stereocenters. The van der Waals surface area contributed by atoms with E-state index in [0.717, 1.165) is 11.4 Å². The summed E-state index contributed by atoms with van der Waals surface area (Å²) in [5, 5.41) is 12.9. The molecule has 0 aliphatic heterocycles. The van der Waals surface area contributed by atoms with Crippen molar-refractivity contribution >= 4 is 11.9 Å². The van der Waals surface area contributed by atoms with E-state index in [1.165, 1.54) is 4.90 Å². The number of carboxylic acids is 1. The molecule has 0 saturated heterocycles. The van der Waals surface area contributed by atoms with Gasteiger partial charge in [0.1, 0.15) is 5.69 Å². The first-order valence-electron chi connectivity index (χ1n) is 6.88. The Kier molecular flexibility index (Phi) is 5.75. The molecule has 0 unspecified atom stereocenters. The van der Waals surface area contributed by atoms with E-state index in [1.54, 1.807) is 4.68 Å². The van der Waals surface area contributed by atoms with Crippen LogP contribution in [0.1, 0.15) is 31.7 Å². The largest absolute Gasteiger partial charge is 0.481 e. The Balaban J connectivity index is 2.67. The van der Waals surface area contributed by atoms with Gasteiger partial charge in [0.05, 0.1) is 12.1 Å². The third kappa shape index (κ3) is 4.47. The van der Waals surface area contributed by atoms with Gasteiger partial charge >= 0.3 is 5.97 Å². The monoisotopic (exact) mass is 297 g/mol. The van der Waals surface area contributed by atoms with Gasteiger partial charge in [-0.15, -0.1) is 0 Å². The third-order valence-electron chi connectivity index (χ3n) is 3.29. The van der Waals surface area contributed by atoms with Crippen LogP contribution in [0.5, 0.6) is 5.75 Å². The second kappa shape index (κ2) is 7.10. The Morgan fingerprint density at radius 3 is 2.43 bits per heavy atom. The first kappa shape index (κ1) is 17.0. The molecule has 1 heterocycles. The molecule has 1 amide bonds. The quantitative estimate of drug-likeness (QED) is 0.815. The molecule has 0 radical (unpaired) electrons. The fourth-order valence-electron chi connectivity index (χ4n) is 2.07. The molecule has 1 rings (SSSR count). The van der Waals surface area contributed by atoms with Gasteiger partial charge in [-0.3, -0.25) is 14.3 Å². The molecule has 1 aromatic rings. The molecule has 0 aliphatic carbocycles. The topological polar surface area (TPSA) is 84.7 Å². The lowest BCUT2D eigenvalue weighted by Gasteiger charge is -2.26. The summed E-state index contributed by atoms with van der Waals surface area (Å²) in [6, 6.07) is -0.0726. The molecular formula is C14H23N3O4. The van der Waals surface area contributed by atoms with E-state index in [0.29, 0.717) is 5.75 Å². The van der Waals surface area contributed by atoms with Gasteiger partial charge in [-0.2, -0.15) is 5.10 Å². The molecule has 0 saturated carbocycles. The van der Waals surface area contributed by atoms with Gasteiger partial charge in [0.25, 0.3) is 5.91 Å². The van der Waals surface area contributed by atoms with Gasteiger partial charge < -0.3 is 14.7 Å². The first-order valence-corrected chi connectivity index (χ1v) is 6.88. The number of nitrogens with zero attached hydrogens (tertiary/aromatic N) is 3. The van der Waals surface area contributed by atoms with Crippen molar-refractivity contribution in [2.75, 3.05) is 13.2 Å². The van der Waals surface area contributed by atoms with Crippen LogP contribution in [0.2, 0.25) is 0 Å². The van der Waals surface area contributed by atoms with Crippen LogP contribution in [-0.4, -0.2) is 50.9 Å². The number of amides is 1. The molecule has 0 bridgehead atoms. The fourth-order valence-corrected chi connectivity index (χ4v) is 2.07. The molecule has 0 aliphatic rings. The Hall–Kier alpha value is -2.05. The zero-order valence-electron chi connectivity index (χ0n) is 13.2. The Morgan fingerprint density at radius 2 is 2.00 bits per heavy atom. The van der Waals surface area contributed by atoms with Crippen molar-refractivity contribution in [2.24, 2.45) is 7.05 Å². The highest BCUT2D eigenvalue weighted by atomic mass is 16.5. The summed E-state index contributed by atoms with van der Waals surface area (Å²) >= 11 is 0. The molecule has 0 spiro atoms. The van der Waals surface area contributed by atoms with Crippen LogP contribution in [0, 0.1) is 13.8 Å². The van der Waals surface area contributed by atoms with Crippen molar-refractivity contribution in [3.05, 3.63) is 11.4 Å². The molecule has 1 aromatic heterocycles. The Labute approximate surface area is 124 Å². The van der Waals surface area contributed by atoms with Crippen molar-refractivity contribution in [2.45, 2.75) is 40.2 Å². The van der Waals surface area contributed by atoms with Crippen LogP contribution < -0.4 is 4.74 Å². The van der Waals surface area contributed by atoms with E-state index in [9.17, 15) is 9.59 Å². The SMILES string of the molecule is Cc1nn(C)c(C)c1OCC(=O)N(CCC(=O)O)C(C)C. The van der Waals surface area contributed by atoms with Crippen LogP contribution in [-0.2, 0) is 16.6 Å². The standard InChI is InChI=1S/C14H23N3O4/c1-9(2)17(7-6-13(19)20)12(18)8-21-14-10(3)15-16(5)11(14)4/h9H,6-8H2,1-5H3,(H,19,20). The summed E-state index contributed by atoms with van der Waals surface area (Å²) < 4.78 is 7.26.